The lowest BCUT2D eigenvalue weighted by atomic mass is 9.32. The topological polar surface area (TPSA) is 46.5 Å². The molecule has 0 aromatic carbocycles. The normalized spacial score (nSPS) is 60.8. The molecule has 4 saturated carbocycles. The van der Waals surface area contributed by atoms with Gasteiger partial charge in [0.2, 0.25) is 0 Å². The molecule has 1 aliphatic heterocycles. The average molecular weight is 455 g/mol. The van der Waals surface area contributed by atoms with Gasteiger partial charge in [-0.05, 0) is 97.4 Å². The summed E-state index contributed by atoms with van der Waals surface area (Å²) in [6.07, 6.45) is 13.4. The molecule has 0 aromatic heterocycles. The molecule has 6 aliphatic rings. The Bertz CT molecular complexity index is 922. The predicted octanol–water partition coefficient (Wildman–Crippen LogP) is 6.54. The number of ether oxygens (including phenoxy) is 1. The minimum absolute atomic E-state index is 0.0424. The highest BCUT2D eigenvalue weighted by Crippen LogP contribution is 2.79. The van der Waals surface area contributed by atoms with Crippen molar-refractivity contribution in [1.82, 2.24) is 0 Å². The van der Waals surface area contributed by atoms with Crippen LogP contribution in [0.5, 0.6) is 0 Å². The van der Waals surface area contributed by atoms with Gasteiger partial charge in [-0.2, -0.15) is 0 Å². The number of esters is 1. The maximum absolute atomic E-state index is 13.6. The third kappa shape index (κ3) is 2.23. The first-order valence-electron chi connectivity index (χ1n) is 13.9. The van der Waals surface area contributed by atoms with Crippen LogP contribution in [-0.4, -0.2) is 22.8 Å². The molecule has 6 rings (SSSR count). The number of allylic oxidation sites excluding steroid dienone is 1. The van der Waals surface area contributed by atoms with Crippen LogP contribution < -0.4 is 0 Å². The molecule has 5 aliphatic carbocycles. The Morgan fingerprint density at radius 3 is 2.39 bits per heavy atom. The van der Waals surface area contributed by atoms with Gasteiger partial charge in [-0.3, -0.25) is 4.79 Å². The largest absolute Gasteiger partial charge is 0.453 e. The second kappa shape index (κ2) is 6.29. The van der Waals surface area contributed by atoms with Crippen LogP contribution in [0.3, 0.4) is 0 Å². The van der Waals surface area contributed by atoms with E-state index in [4.69, 9.17) is 4.74 Å². The van der Waals surface area contributed by atoms with Crippen molar-refractivity contribution < 1.29 is 14.6 Å². The van der Waals surface area contributed by atoms with Gasteiger partial charge in [0.15, 0.2) is 0 Å². The zero-order chi connectivity index (χ0) is 23.8. The number of aliphatic hydroxyl groups is 1. The van der Waals surface area contributed by atoms with Crippen molar-refractivity contribution in [2.45, 2.75) is 112 Å². The highest BCUT2D eigenvalue weighted by molar-refractivity contribution is 5.82. The molecule has 1 saturated heterocycles. The molecule has 0 aromatic rings. The second-order valence-corrected chi connectivity index (χ2v) is 14.8. The van der Waals surface area contributed by atoms with Gasteiger partial charge in [0.05, 0.1) is 11.5 Å². The van der Waals surface area contributed by atoms with E-state index < -0.39 is 5.60 Å². The van der Waals surface area contributed by atoms with Gasteiger partial charge >= 0.3 is 5.97 Å². The quantitative estimate of drug-likeness (QED) is 0.334. The molecule has 11 atom stereocenters. The van der Waals surface area contributed by atoms with E-state index in [1.54, 1.807) is 0 Å². The van der Waals surface area contributed by atoms with Crippen LogP contribution in [0.2, 0.25) is 0 Å². The smallest absolute Gasteiger partial charge is 0.313 e. The molecule has 1 spiro atoms. The Balaban J connectivity index is 1.52. The van der Waals surface area contributed by atoms with Gasteiger partial charge in [0, 0.05) is 11.3 Å². The fourth-order valence-electron chi connectivity index (χ4n) is 11.4. The molecule has 184 valence electrons. The van der Waals surface area contributed by atoms with Crippen molar-refractivity contribution in [2.24, 2.45) is 56.7 Å². The number of fused-ring (bicyclic) bond motifs is 4. The summed E-state index contributed by atoms with van der Waals surface area (Å²) in [5.41, 5.74) is -0.514. The summed E-state index contributed by atoms with van der Waals surface area (Å²) in [6, 6.07) is 0. The van der Waals surface area contributed by atoms with Gasteiger partial charge in [-0.1, -0.05) is 54.5 Å². The maximum Gasteiger partial charge on any atom is 0.313 e. The average Bonchev–Trinajstić information content (AvgIpc) is 2.95. The molecule has 1 N–H and O–H groups in total. The minimum Gasteiger partial charge on any atom is -0.453 e. The predicted molar refractivity (Wildman–Crippen MR) is 130 cm³/mol. The van der Waals surface area contributed by atoms with E-state index in [1.165, 1.54) is 6.42 Å². The molecule has 0 amide bonds. The van der Waals surface area contributed by atoms with E-state index in [2.05, 4.69) is 60.6 Å². The zero-order valence-electron chi connectivity index (χ0n) is 22.0. The summed E-state index contributed by atoms with van der Waals surface area (Å²) in [4.78, 5) is 13.6. The standard InChI is InChI=1S/C30H46O3/c1-18-8-14-29-17-16-28(7)27(6)13-9-20-25(3,4)22(31)11-12-26(20,5)21(27)10-15-30(28,33-24(29)32)23(29)19(18)2/h10,15,18-23,31H,8-9,11-14,16-17H2,1-7H3/t18-,19+,20+,21-,22+,23?,26+,27-,28+,29+,30+/m1/s1. The molecular weight excluding hydrogens is 408 g/mol. The van der Waals surface area contributed by atoms with Crippen LogP contribution in [0.1, 0.15) is 99.8 Å². The minimum atomic E-state index is -0.450. The third-order valence-corrected chi connectivity index (χ3v) is 13.8. The highest BCUT2D eigenvalue weighted by Gasteiger charge is 2.80. The summed E-state index contributed by atoms with van der Waals surface area (Å²) in [7, 11) is 0. The summed E-state index contributed by atoms with van der Waals surface area (Å²) < 4.78 is 6.71. The van der Waals surface area contributed by atoms with Crippen LogP contribution in [0, 0.1) is 56.7 Å². The van der Waals surface area contributed by atoms with Crippen LogP contribution in [0.25, 0.3) is 0 Å². The van der Waals surface area contributed by atoms with E-state index in [1.807, 2.05) is 0 Å². The van der Waals surface area contributed by atoms with Crippen molar-refractivity contribution in [3.05, 3.63) is 12.2 Å². The number of hydrogen-bond donors (Lipinski definition) is 1. The number of hydrogen-bond acceptors (Lipinski definition) is 3. The molecule has 1 heterocycles. The summed E-state index contributed by atoms with van der Waals surface area (Å²) >= 11 is 0. The van der Waals surface area contributed by atoms with Crippen molar-refractivity contribution >= 4 is 5.97 Å². The molecule has 1 unspecified atom stereocenters. The molecular formula is C30H46O3. The van der Waals surface area contributed by atoms with Crippen LogP contribution in [0.15, 0.2) is 12.2 Å². The lowest BCUT2D eigenvalue weighted by molar-refractivity contribution is -0.245. The third-order valence-electron chi connectivity index (χ3n) is 13.8. The van der Waals surface area contributed by atoms with Gasteiger partial charge in [0.25, 0.3) is 0 Å². The van der Waals surface area contributed by atoms with E-state index in [0.717, 1.165) is 44.9 Å². The first-order chi connectivity index (χ1) is 15.3. The van der Waals surface area contributed by atoms with Gasteiger partial charge in [-0.15, -0.1) is 0 Å². The Labute approximate surface area is 201 Å². The number of aliphatic hydroxyl groups excluding tert-OH is 1. The fourth-order valence-corrected chi connectivity index (χ4v) is 11.4. The Morgan fingerprint density at radius 2 is 1.67 bits per heavy atom. The van der Waals surface area contributed by atoms with Crippen LogP contribution in [-0.2, 0) is 9.53 Å². The van der Waals surface area contributed by atoms with Gasteiger partial charge < -0.3 is 9.84 Å². The summed E-state index contributed by atoms with van der Waals surface area (Å²) in [5, 5.41) is 10.9. The van der Waals surface area contributed by atoms with E-state index in [-0.39, 0.29) is 39.1 Å². The monoisotopic (exact) mass is 454 g/mol. The molecule has 33 heavy (non-hydrogen) atoms. The molecule has 2 bridgehead atoms. The van der Waals surface area contributed by atoms with Crippen molar-refractivity contribution in [3.63, 3.8) is 0 Å². The molecule has 0 radical (unpaired) electrons. The van der Waals surface area contributed by atoms with E-state index >= 15 is 0 Å². The van der Waals surface area contributed by atoms with Crippen molar-refractivity contribution in [2.75, 3.05) is 0 Å². The van der Waals surface area contributed by atoms with Crippen LogP contribution >= 0.6 is 0 Å². The first kappa shape index (κ1) is 22.6. The fraction of sp³-hybridized carbons (Fsp3) is 0.900. The Hall–Kier alpha value is -0.830. The molecule has 5 fully saturated rings. The van der Waals surface area contributed by atoms with E-state index in [9.17, 15) is 9.90 Å². The summed E-state index contributed by atoms with van der Waals surface area (Å²) in [6.45, 7) is 17.0. The lowest BCUT2D eigenvalue weighted by Crippen LogP contribution is -2.71. The zero-order valence-corrected chi connectivity index (χ0v) is 22.0. The second-order valence-electron chi connectivity index (χ2n) is 14.8. The van der Waals surface area contributed by atoms with E-state index in [0.29, 0.717) is 29.6 Å². The number of carbonyl (C=O) groups is 1. The molecule has 3 nitrogen and oxygen atoms in total. The Morgan fingerprint density at radius 1 is 0.939 bits per heavy atom. The SMILES string of the molecule is C[C@@H]1CC[C@@]23CC[C@]4(C)[C@@](C=C[C@@H]5[C@@]6(C)CC[C@H](O)C(C)(C)[C@@H]6CC[C@]54C)(OC2=O)C3[C@H]1C. The first-order valence-corrected chi connectivity index (χ1v) is 13.9. The van der Waals surface area contributed by atoms with Crippen molar-refractivity contribution in [3.8, 4) is 0 Å². The van der Waals surface area contributed by atoms with Gasteiger partial charge in [-0.25, -0.2) is 0 Å². The summed E-state index contributed by atoms with van der Waals surface area (Å²) in [5.74, 6) is 2.56. The number of rotatable bonds is 0. The molecule has 3 heteroatoms. The lowest BCUT2D eigenvalue weighted by Gasteiger charge is -2.72. The maximum atomic E-state index is 13.6. The Kier molecular flexibility index (Phi) is 4.31. The highest BCUT2D eigenvalue weighted by atomic mass is 16.6. The van der Waals surface area contributed by atoms with Crippen molar-refractivity contribution in [1.29, 1.82) is 0 Å². The van der Waals surface area contributed by atoms with Crippen LogP contribution in [0.4, 0.5) is 0 Å². The number of carbonyl (C=O) groups excluding carboxylic acids is 1. The van der Waals surface area contributed by atoms with Gasteiger partial charge in [0.1, 0.15) is 5.60 Å².